The summed E-state index contributed by atoms with van der Waals surface area (Å²) in [5, 5.41) is 8.94. The summed E-state index contributed by atoms with van der Waals surface area (Å²) in [6.07, 6.45) is -1.45. The van der Waals surface area contributed by atoms with Gasteiger partial charge >= 0.3 is 5.97 Å². The summed E-state index contributed by atoms with van der Waals surface area (Å²) < 4.78 is 38.2. The number of hydrogen-bond acceptors (Lipinski definition) is 5. The van der Waals surface area contributed by atoms with Gasteiger partial charge in [-0.1, -0.05) is 0 Å². The summed E-state index contributed by atoms with van der Waals surface area (Å²) in [4.78, 5) is 10.9. The lowest BCUT2D eigenvalue weighted by Gasteiger charge is -2.39. The highest BCUT2D eigenvalue weighted by Gasteiger charge is 2.39. The average molecular weight is 308 g/mol. The van der Waals surface area contributed by atoms with Crippen molar-refractivity contribution in [2.24, 2.45) is 0 Å². The third-order valence-corrected chi connectivity index (χ3v) is 5.28. The van der Waals surface area contributed by atoms with E-state index in [1.807, 2.05) is 13.8 Å². The van der Waals surface area contributed by atoms with E-state index in [0.29, 0.717) is 0 Å². The molecule has 2 aliphatic heterocycles. The Balaban J connectivity index is 2.11. The van der Waals surface area contributed by atoms with E-state index in [2.05, 4.69) is 0 Å². The molecule has 8 nitrogen and oxygen atoms in total. The van der Waals surface area contributed by atoms with Crippen LogP contribution < -0.4 is 0 Å². The van der Waals surface area contributed by atoms with Gasteiger partial charge in [-0.25, -0.2) is 4.79 Å². The molecule has 0 aliphatic carbocycles. The zero-order chi connectivity index (χ0) is 14.9. The van der Waals surface area contributed by atoms with Crippen LogP contribution in [0.4, 0.5) is 0 Å². The maximum atomic E-state index is 12.5. The lowest BCUT2D eigenvalue weighted by molar-refractivity contribution is -0.153. The lowest BCUT2D eigenvalue weighted by Crippen LogP contribution is -2.57. The van der Waals surface area contributed by atoms with Crippen molar-refractivity contribution < 1.29 is 27.8 Å². The van der Waals surface area contributed by atoms with E-state index in [9.17, 15) is 13.2 Å². The molecule has 2 aliphatic rings. The van der Waals surface area contributed by atoms with Gasteiger partial charge in [-0.05, 0) is 13.8 Å². The highest BCUT2D eigenvalue weighted by Crippen LogP contribution is 2.19. The number of carboxylic acids is 1. The zero-order valence-corrected chi connectivity index (χ0v) is 12.4. The first-order valence-electron chi connectivity index (χ1n) is 6.56. The second kappa shape index (κ2) is 5.94. The summed E-state index contributed by atoms with van der Waals surface area (Å²) >= 11 is 0. The van der Waals surface area contributed by atoms with Crippen molar-refractivity contribution >= 4 is 16.2 Å². The summed E-state index contributed by atoms with van der Waals surface area (Å²) in [6, 6.07) is 0. The Morgan fingerprint density at radius 3 is 2.30 bits per heavy atom. The fraction of sp³-hybridized carbons (Fsp3) is 0.909. The highest BCUT2D eigenvalue weighted by atomic mass is 32.2. The lowest BCUT2D eigenvalue weighted by atomic mass is 10.3. The summed E-state index contributed by atoms with van der Waals surface area (Å²) in [7, 11) is -3.67. The molecule has 116 valence electrons. The molecule has 9 heteroatoms. The molecule has 0 aromatic heterocycles. The minimum Gasteiger partial charge on any atom is -0.479 e. The van der Waals surface area contributed by atoms with Crippen molar-refractivity contribution in [2.45, 2.75) is 32.2 Å². The molecule has 3 atom stereocenters. The molecule has 0 aromatic rings. The Morgan fingerprint density at radius 1 is 1.15 bits per heavy atom. The van der Waals surface area contributed by atoms with E-state index in [0.717, 1.165) is 0 Å². The molecule has 0 saturated carbocycles. The van der Waals surface area contributed by atoms with Gasteiger partial charge in [0.2, 0.25) is 0 Å². The largest absolute Gasteiger partial charge is 0.479 e. The van der Waals surface area contributed by atoms with Gasteiger partial charge in [0.1, 0.15) is 0 Å². The number of ether oxygens (including phenoxy) is 2. The fourth-order valence-electron chi connectivity index (χ4n) is 2.47. The monoisotopic (exact) mass is 308 g/mol. The normalized spacial score (nSPS) is 34.0. The number of rotatable bonds is 3. The SMILES string of the molecule is CC1CN(S(=O)(=O)N2CCOC(C(=O)O)C2)CC(C)O1. The van der Waals surface area contributed by atoms with Crippen molar-refractivity contribution in [1.82, 2.24) is 8.61 Å². The van der Waals surface area contributed by atoms with Crippen LogP contribution in [0.5, 0.6) is 0 Å². The molecule has 2 saturated heterocycles. The van der Waals surface area contributed by atoms with E-state index in [4.69, 9.17) is 14.6 Å². The number of morpholine rings is 2. The molecule has 0 spiro atoms. The van der Waals surface area contributed by atoms with Gasteiger partial charge in [0, 0.05) is 19.6 Å². The quantitative estimate of drug-likeness (QED) is 0.728. The molecule has 2 fully saturated rings. The van der Waals surface area contributed by atoms with Crippen LogP contribution in [0.25, 0.3) is 0 Å². The molecular weight excluding hydrogens is 288 g/mol. The topological polar surface area (TPSA) is 96.4 Å². The maximum absolute atomic E-state index is 12.5. The second-order valence-electron chi connectivity index (χ2n) is 5.14. The van der Waals surface area contributed by atoms with Crippen LogP contribution >= 0.6 is 0 Å². The van der Waals surface area contributed by atoms with E-state index in [-0.39, 0.29) is 45.0 Å². The Labute approximate surface area is 118 Å². The summed E-state index contributed by atoms with van der Waals surface area (Å²) in [5.74, 6) is -1.14. The first-order valence-corrected chi connectivity index (χ1v) is 7.95. The number of carboxylic acid groups (broad SMARTS) is 1. The zero-order valence-electron chi connectivity index (χ0n) is 11.6. The minimum atomic E-state index is -3.67. The van der Waals surface area contributed by atoms with Crippen molar-refractivity contribution in [3.8, 4) is 0 Å². The average Bonchev–Trinajstić information content (AvgIpc) is 2.37. The number of aliphatic carboxylic acids is 1. The molecule has 2 heterocycles. The summed E-state index contributed by atoms with van der Waals surface area (Å²) in [6.45, 7) is 4.30. The van der Waals surface area contributed by atoms with E-state index in [1.54, 1.807) is 0 Å². The van der Waals surface area contributed by atoms with Crippen molar-refractivity contribution in [3.05, 3.63) is 0 Å². The van der Waals surface area contributed by atoms with E-state index >= 15 is 0 Å². The van der Waals surface area contributed by atoms with Crippen LogP contribution in [0.2, 0.25) is 0 Å². The van der Waals surface area contributed by atoms with E-state index < -0.39 is 22.3 Å². The molecule has 1 N–H and O–H groups in total. The van der Waals surface area contributed by atoms with Crippen LogP contribution in [0.15, 0.2) is 0 Å². The van der Waals surface area contributed by atoms with Gasteiger partial charge in [0.05, 0.1) is 25.4 Å². The fourth-order valence-corrected chi connectivity index (χ4v) is 4.22. The molecule has 0 radical (unpaired) electrons. The molecule has 2 rings (SSSR count). The predicted octanol–water partition coefficient (Wildman–Crippen LogP) is -0.874. The molecule has 0 amide bonds. The molecule has 20 heavy (non-hydrogen) atoms. The molecule has 0 aromatic carbocycles. The van der Waals surface area contributed by atoms with Crippen LogP contribution in [-0.2, 0) is 24.5 Å². The highest BCUT2D eigenvalue weighted by molar-refractivity contribution is 7.86. The predicted molar refractivity (Wildman–Crippen MR) is 69.5 cm³/mol. The van der Waals surface area contributed by atoms with E-state index in [1.165, 1.54) is 8.61 Å². The second-order valence-corrected chi connectivity index (χ2v) is 7.07. The third-order valence-electron chi connectivity index (χ3n) is 3.34. The number of nitrogens with zero attached hydrogens (tertiary/aromatic N) is 2. The Kier molecular flexibility index (Phi) is 4.65. The standard InChI is InChI=1S/C11H20N2O6S/c1-8-5-13(6-9(2)19-8)20(16,17)12-3-4-18-10(7-12)11(14)15/h8-10H,3-7H2,1-2H3,(H,14,15). The smallest absolute Gasteiger partial charge is 0.334 e. The number of hydrogen-bond donors (Lipinski definition) is 1. The van der Waals surface area contributed by atoms with Crippen molar-refractivity contribution in [2.75, 3.05) is 32.8 Å². The number of carbonyl (C=O) groups is 1. The van der Waals surface area contributed by atoms with Gasteiger partial charge in [-0.2, -0.15) is 17.0 Å². The van der Waals surface area contributed by atoms with Crippen LogP contribution in [-0.4, -0.2) is 79.2 Å². The van der Waals surface area contributed by atoms with Crippen molar-refractivity contribution in [3.63, 3.8) is 0 Å². The van der Waals surface area contributed by atoms with Crippen LogP contribution in [0.1, 0.15) is 13.8 Å². The Bertz CT molecular complexity index is 458. The first kappa shape index (κ1) is 15.6. The first-order chi connectivity index (χ1) is 9.30. The Morgan fingerprint density at radius 2 is 1.75 bits per heavy atom. The van der Waals surface area contributed by atoms with Crippen molar-refractivity contribution in [1.29, 1.82) is 0 Å². The van der Waals surface area contributed by atoms with Crippen LogP contribution in [0, 0.1) is 0 Å². The summed E-state index contributed by atoms with van der Waals surface area (Å²) in [5.41, 5.74) is 0. The van der Waals surface area contributed by atoms with Gasteiger partial charge in [-0.15, -0.1) is 0 Å². The van der Waals surface area contributed by atoms with Gasteiger partial charge < -0.3 is 14.6 Å². The van der Waals surface area contributed by atoms with Gasteiger partial charge in [0.25, 0.3) is 10.2 Å². The Hall–Kier alpha value is -0.740. The molecule has 3 unspecified atom stereocenters. The van der Waals surface area contributed by atoms with Crippen LogP contribution in [0.3, 0.4) is 0 Å². The molecular formula is C11H20N2O6S. The molecule has 0 bridgehead atoms. The van der Waals surface area contributed by atoms with Gasteiger partial charge in [0.15, 0.2) is 6.10 Å². The van der Waals surface area contributed by atoms with Gasteiger partial charge in [-0.3, -0.25) is 0 Å². The minimum absolute atomic E-state index is 0.0889. The maximum Gasteiger partial charge on any atom is 0.334 e. The third kappa shape index (κ3) is 3.29.